The first-order valence-electron chi connectivity index (χ1n) is 7.36. The van der Waals surface area contributed by atoms with Gasteiger partial charge >= 0.3 is 0 Å². The van der Waals surface area contributed by atoms with E-state index in [9.17, 15) is 14.0 Å². The fraction of sp³-hybridized carbons (Fsp3) is 0.0588. The molecule has 0 unspecified atom stereocenters. The van der Waals surface area contributed by atoms with Crippen LogP contribution >= 0.6 is 0 Å². The summed E-state index contributed by atoms with van der Waals surface area (Å²) in [5.74, 6) is -1.59. The number of anilines is 2. The predicted molar refractivity (Wildman–Crippen MR) is 90.0 cm³/mol. The number of hydrogen-bond acceptors (Lipinski definition) is 4. The van der Waals surface area contributed by atoms with Crippen molar-refractivity contribution in [1.29, 1.82) is 0 Å². The molecule has 0 bridgehead atoms. The van der Waals surface area contributed by atoms with Crippen LogP contribution in [0.25, 0.3) is 5.69 Å². The number of amides is 2. The standard InChI is InChI=1S/C17H14FN5O2/c1-11(24)21-13-4-7-16(18)15(8-13)17(25)22-12-2-5-14(6-3-12)23-10-19-9-20-23/h2-10H,1H3,(H,21,24)(H,22,25). The van der Waals surface area contributed by atoms with Gasteiger partial charge in [0.25, 0.3) is 5.91 Å². The van der Waals surface area contributed by atoms with E-state index in [1.807, 2.05) is 0 Å². The summed E-state index contributed by atoms with van der Waals surface area (Å²) < 4.78 is 15.5. The zero-order valence-electron chi connectivity index (χ0n) is 13.2. The van der Waals surface area contributed by atoms with Crippen LogP contribution in [0.1, 0.15) is 17.3 Å². The summed E-state index contributed by atoms with van der Waals surface area (Å²) in [5, 5.41) is 9.13. The van der Waals surface area contributed by atoms with Crippen molar-refractivity contribution in [2.24, 2.45) is 0 Å². The molecule has 0 aliphatic carbocycles. The maximum Gasteiger partial charge on any atom is 0.258 e. The smallest absolute Gasteiger partial charge is 0.258 e. The number of halogens is 1. The fourth-order valence-electron chi connectivity index (χ4n) is 2.22. The van der Waals surface area contributed by atoms with E-state index < -0.39 is 11.7 Å². The van der Waals surface area contributed by atoms with Crippen molar-refractivity contribution in [3.8, 4) is 5.69 Å². The molecule has 0 fully saturated rings. The number of rotatable bonds is 4. The number of carbonyl (C=O) groups is 2. The van der Waals surface area contributed by atoms with Crippen LogP contribution in [0.2, 0.25) is 0 Å². The van der Waals surface area contributed by atoms with Crippen molar-refractivity contribution in [3.05, 3.63) is 66.5 Å². The van der Waals surface area contributed by atoms with Gasteiger partial charge in [0.2, 0.25) is 5.91 Å². The van der Waals surface area contributed by atoms with Crippen LogP contribution in [0.4, 0.5) is 15.8 Å². The van der Waals surface area contributed by atoms with Crippen LogP contribution in [0.5, 0.6) is 0 Å². The van der Waals surface area contributed by atoms with Crippen molar-refractivity contribution in [2.75, 3.05) is 10.6 Å². The number of hydrogen-bond donors (Lipinski definition) is 2. The maximum atomic E-state index is 13.9. The third-order valence-electron chi connectivity index (χ3n) is 3.34. The minimum Gasteiger partial charge on any atom is -0.326 e. The normalized spacial score (nSPS) is 10.3. The van der Waals surface area contributed by atoms with E-state index in [0.29, 0.717) is 11.4 Å². The molecule has 3 rings (SSSR count). The first-order valence-corrected chi connectivity index (χ1v) is 7.36. The molecule has 1 aromatic heterocycles. The highest BCUT2D eigenvalue weighted by atomic mass is 19.1. The average Bonchev–Trinajstić information content (AvgIpc) is 3.11. The highest BCUT2D eigenvalue weighted by Crippen LogP contribution is 2.18. The molecule has 0 aliphatic heterocycles. The Bertz CT molecular complexity index is 907. The third-order valence-corrected chi connectivity index (χ3v) is 3.34. The molecule has 25 heavy (non-hydrogen) atoms. The molecule has 2 N–H and O–H groups in total. The van der Waals surface area contributed by atoms with Crippen LogP contribution in [-0.2, 0) is 4.79 Å². The number of nitrogens with one attached hydrogen (secondary N) is 2. The summed E-state index contributed by atoms with van der Waals surface area (Å²) in [6.45, 7) is 1.33. The predicted octanol–water partition coefficient (Wildman–Crippen LogP) is 2.62. The molecule has 0 saturated carbocycles. The Morgan fingerprint density at radius 2 is 1.76 bits per heavy atom. The highest BCUT2D eigenvalue weighted by molar-refractivity contribution is 6.05. The molecule has 126 valence electrons. The summed E-state index contributed by atoms with van der Waals surface area (Å²) in [6.07, 6.45) is 2.97. The minimum atomic E-state index is -0.675. The van der Waals surface area contributed by atoms with Crippen LogP contribution in [0, 0.1) is 5.82 Å². The summed E-state index contributed by atoms with van der Waals surface area (Å²) in [4.78, 5) is 27.2. The molecule has 0 saturated heterocycles. The lowest BCUT2D eigenvalue weighted by Crippen LogP contribution is -2.15. The van der Waals surface area contributed by atoms with Crippen LogP contribution in [0.3, 0.4) is 0 Å². The Kier molecular flexibility index (Phi) is 4.51. The highest BCUT2D eigenvalue weighted by Gasteiger charge is 2.13. The molecule has 2 amide bonds. The van der Waals surface area contributed by atoms with E-state index >= 15 is 0 Å². The summed E-state index contributed by atoms with van der Waals surface area (Å²) >= 11 is 0. The van der Waals surface area contributed by atoms with Gasteiger partial charge in [-0.3, -0.25) is 9.59 Å². The summed E-state index contributed by atoms with van der Waals surface area (Å²) in [6, 6.07) is 10.6. The number of benzene rings is 2. The average molecular weight is 339 g/mol. The Balaban J connectivity index is 1.77. The monoisotopic (exact) mass is 339 g/mol. The van der Waals surface area contributed by atoms with Crippen molar-refractivity contribution < 1.29 is 14.0 Å². The Morgan fingerprint density at radius 1 is 1.04 bits per heavy atom. The van der Waals surface area contributed by atoms with Crippen molar-refractivity contribution in [1.82, 2.24) is 14.8 Å². The Hall–Kier alpha value is -3.55. The largest absolute Gasteiger partial charge is 0.326 e. The molecule has 0 spiro atoms. The SMILES string of the molecule is CC(=O)Nc1ccc(F)c(C(=O)Nc2ccc(-n3cncn3)cc2)c1. The quantitative estimate of drug-likeness (QED) is 0.765. The van der Waals surface area contributed by atoms with Gasteiger partial charge in [-0.05, 0) is 42.5 Å². The summed E-state index contributed by atoms with van der Waals surface area (Å²) in [7, 11) is 0. The number of carbonyl (C=O) groups excluding carboxylic acids is 2. The van der Waals surface area contributed by atoms with Gasteiger partial charge in [0.1, 0.15) is 18.5 Å². The molecule has 0 radical (unpaired) electrons. The van der Waals surface area contributed by atoms with Gasteiger partial charge in [-0.15, -0.1) is 0 Å². The lowest BCUT2D eigenvalue weighted by Gasteiger charge is -2.09. The second-order valence-corrected chi connectivity index (χ2v) is 5.22. The second-order valence-electron chi connectivity index (χ2n) is 5.22. The molecule has 8 heteroatoms. The molecular weight excluding hydrogens is 325 g/mol. The van der Waals surface area contributed by atoms with E-state index in [4.69, 9.17) is 0 Å². The molecule has 0 aliphatic rings. The van der Waals surface area contributed by atoms with Gasteiger partial charge in [0, 0.05) is 18.3 Å². The van der Waals surface area contributed by atoms with Gasteiger partial charge in [-0.25, -0.2) is 14.1 Å². The lowest BCUT2D eigenvalue weighted by atomic mass is 10.1. The zero-order chi connectivity index (χ0) is 17.8. The van der Waals surface area contributed by atoms with Crippen LogP contribution in [-0.4, -0.2) is 26.6 Å². The van der Waals surface area contributed by atoms with Gasteiger partial charge in [0.05, 0.1) is 11.3 Å². The van der Waals surface area contributed by atoms with Gasteiger partial charge in [0.15, 0.2) is 0 Å². The van der Waals surface area contributed by atoms with Gasteiger partial charge in [-0.1, -0.05) is 0 Å². The molecule has 3 aromatic rings. The fourth-order valence-corrected chi connectivity index (χ4v) is 2.22. The zero-order valence-corrected chi connectivity index (χ0v) is 13.2. The van der Waals surface area contributed by atoms with Crippen molar-refractivity contribution >= 4 is 23.2 Å². The molecule has 7 nitrogen and oxygen atoms in total. The lowest BCUT2D eigenvalue weighted by molar-refractivity contribution is -0.114. The minimum absolute atomic E-state index is 0.161. The summed E-state index contributed by atoms with van der Waals surface area (Å²) in [5.41, 5.74) is 1.46. The van der Waals surface area contributed by atoms with Crippen LogP contribution in [0.15, 0.2) is 55.1 Å². The van der Waals surface area contributed by atoms with E-state index in [2.05, 4.69) is 20.7 Å². The molecule has 2 aromatic carbocycles. The second kappa shape index (κ2) is 6.91. The van der Waals surface area contributed by atoms with E-state index in [-0.39, 0.29) is 11.5 Å². The van der Waals surface area contributed by atoms with E-state index in [0.717, 1.165) is 11.8 Å². The molecule has 1 heterocycles. The Morgan fingerprint density at radius 3 is 2.40 bits per heavy atom. The first-order chi connectivity index (χ1) is 12.0. The van der Waals surface area contributed by atoms with Crippen molar-refractivity contribution in [2.45, 2.75) is 6.92 Å². The topological polar surface area (TPSA) is 88.9 Å². The van der Waals surface area contributed by atoms with Gasteiger partial charge in [-0.2, -0.15) is 5.10 Å². The first kappa shape index (κ1) is 16.3. The van der Waals surface area contributed by atoms with Crippen LogP contribution < -0.4 is 10.6 Å². The van der Waals surface area contributed by atoms with Gasteiger partial charge < -0.3 is 10.6 Å². The molecule has 0 atom stereocenters. The van der Waals surface area contributed by atoms with E-state index in [1.165, 1.54) is 25.4 Å². The third kappa shape index (κ3) is 3.86. The Labute approximate surface area is 142 Å². The van der Waals surface area contributed by atoms with E-state index in [1.54, 1.807) is 35.3 Å². The maximum absolute atomic E-state index is 13.9. The van der Waals surface area contributed by atoms with Crippen molar-refractivity contribution in [3.63, 3.8) is 0 Å². The molecular formula is C17H14FN5O2. The number of nitrogens with zero attached hydrogens (tertiary/aromatic N) is 3. The number of aromatic nitrogens is 3.